The Bertz CT molecular complexity index is 424. The minimum absolute atomic E-state index is 0.0492. The quantitative estimate of drug-likeness (QED) is 0.579. The molecule has 9 heteroatoms. The van der Waals surface area contributed by atoms with Gasteiger partial charge in [-0.3, -0.25) is 0 Å². The molecule has 0 heterocycles. The maximum Gasteiger partial charge on any atom is 0.426 e. The Morgan fingerprint density at radius 2 is 1.42 bits per heavy atom. The summed E-state index contributed by atoms with van der Waals surface area (Å²) in [5.41, 5.74) is -6.35. The first-order valence-electron chi connectivity index (χ1n) is 7.45. The molecule has 0 amide bonds. The maximum absolute atomic E-state index is 13.1. The van der Waals surface area contributed by atoms with E-state index in [1.165, 1.54) is 19.9 Å². The van der Waals surface area contributed by atoms with Gasteiger partial charge < -0.3 is 14.9 Å². The molecule has 142 valence electrons. The summed E-state index contributed by atoms with van der Waals surface area (Å²) >= 11 is 0. The van der Waals surface area contributed by atoms with Crippen molar-refractivity contribution < 1.29 is 41.3 Å². The van der Waals surface area contributed by atoms with Crippen LogP contribution in [0.3, 0.4) is 0 Å². The fourth-order valence-electron chi connectivity index (χ4n) is 3.15. The van der Waals surface area contributed by atoms with Crippen LogP contribution in [0.4, 0.5) is 26.3 Å². The number of aliphatic hydroxyl groups is 2. The van der Waals surface area contributed by atoms with Crippen molar-refractivity contribution in [3.05, 3.63) is 12.7 Å². The summed E-state index contributed by atoms with van der Waals surface area (Å²) in [5, 5.41) is 19.7. The summed E-state index contributed by atoms with van der Waals surface area (Å²) in [6, 6.07) is 0. The topological polar surface area (TPSA) is 49.7 Å². The third-order valence-corrected chi connectivity index (χ3v) is 4.57. The standard InChI is InChI=1S/C15H22F6O3/c1-4-5-24-11-7-9(12(2,3)22)6-10(8-11)13(23,14(16,17)18)15(19,20)21/h4,9-11,22-23H,1,5-8H2,2-3H3. The average molecular weight is 364 g/mol. The predicted octanol–water partition coefficient (Wildman–Crippen LogP) is 3.60. The SMILES string of the molecule is C=CCOC1CC(C(C)(C)O)CC(C(O)(C(F)(F)F)C(F)(F)F)C1. The Morgan fingerprint density at radius 3 is 1.79 bits per heavy atom. The molecule has 2 N–H and O–H groups in total. The van der Waals surface area contributed by atoms with Gasteiger partial charge in [0, 0.05) is 5.92 Å². The molecule has 3 atom stereocenters. The second kappa shape index (κ2) is 6.84. The van der Waals surface area contributed by atoms with Crippen molar-refractivity contribution in [2.75, 3.05) is 6.61 Å². The molecule has 0 aliphatic heterocycles. The molecule has 3 unspecified atom stereocenters. The Kier molecular flexibility index (Phi) is 6.05. The molecule has 0 aromatic heterocycles. The van der Waals surface area contributed by atoms with Gasteiger partial charge >= 0.3 is 12.4 Å². The smallest absolute Gasteiger partial charge is 0.390 e. The van der Waals surface area contributed by atoms with Gasteiger partial charge in [0.25, 0.3) is 5.60 Å². The molecule has 0 bridgehead atoms. The normalized spacial score (nSPS) is 27.2. The molecule has 0 spiro atoms. The van der Waals surface area contributed by atoms with E-state index < -0.39 is 54.3 Å². The van der Waals surface area contributed by atoms with Crippen molar-refractivity contribution >= 4 is 0 Å². The van der Waals surface area contributed by atoms with Crippen LogP contribution in [-0.2, 0) is 4.74 Å². The van der Waals surface area contributed by atoms with Crippen molar-refractivity contribution in [3.8, 4) is 0 Å². The van der Waals surface area contributed by atoms with Gasteiger partial charge in [-0.2, -0.15) is 26.3 Å². The van der Waals surface area contributed by atoms with Crippen LogP contribution >= 0.6 is 0 Å². The van der Waals surface area contributed by atoms with Crippen molar-refractivity contribution in [3.63, 3.8) is 0 Å². The van der Waals surface area contributed by atoms with Crippen LogP contribution in [-0.4, -0.2) is 46.5 Å². The van der Waals surface area contributed by atoms with Gasteiger partial charge in [0.2, 0.25) is 0 Å². The third-order valence-electron chi connectivity index (χ3n) is 4.57. The average Bonchev–Trinajstić information content (AvgIpc) is 2.40. The highest BCUT2D eigenvalue weighted by atomic mass is 19.4. The molecule has 1 fully saturated rings. The van der Waals surface area contributed by atoms with Crippen LogP contribution in [0.5, 0.6) is 0 Å². The highest BCUT2D eigenvalue weighted by Gasteiger charge is 2.74. The van der Waals surface area contributed by atoms with E-state index in [0.717, 1.165) is 0 Å². The molecule has 1 saturated carbocycles. The predicted molar refractivity (Wildman–Crippen MR) is 74.1 cm³/mol. The van der Waals surface area contributed by atoms with Crippen LogP contribution in [0, 0.1) is 11.8 Å². The third kappa shape index (κ3) is 4.23. The lowest BCUT2D eigenvalue weighted by Gasteiger charge is -2.46. The number of hydrogen-bond acceptors (Lipinski definition) is 3. The zero-order valence-corrected chi connectivity index (χ0v) is 13.4. The zero-order valence-electron chi connectivity index (χ0n) is 13.4. The monoisotopic (exact) mass is 364 g/mol. The van der Waals surface area contributed by atoms with E-state index >= 15 is 0 Å². The highest BCUT2D eigenvalue weighted by Crippen LogP contribution is 2.53. The molecule has 1 aliphatic carbocycles. The summed E-state index contributed by atoms with van der Waals surface area (Å²) in [6.07, 6.45) is -12.5. The van der Waals surface area contributed by atoms with Crippen molar-refractivity contribution in [2.24, 2.45) is 11.8 Å². The molecule has 1 aliphatic rings. The minimum Gasteiger partial charge on any atom is -0.390 e. The van der Waals surface area contributed by atoms with Crippen LogP contribution in [0.2, 0.25) is 0 Å². The Morgan fingerprint density at radius 1 is 0.958 bits per heavy atom. The lowest BCUT2D eigenvalue weighted by molar-refractivity contribution is -0.390. The zero-order chi connectivity index (χ0) is 19.0. The first kappa shape index (κ1) is 21.2. The van der Waals surface area contributed by atoms with Gasteiger partial charge in [-0.1, -0.05) is 6.08 Å². The van der Waals surface area contributed by atoms with E-state index in [2.05, 4.69) is 6.58 Å². The second-order valence-electron chi connectivity index (χ2n) is 6.76. The molecular formula is C15H22F6O3. The van der Waals surface area contributed by atoms with Gasteiger partial charge in [0.15, 0.2) is 0 Å². The Balaban J connectivity index is 3.23. The molecule has 0 radical (unpaired) electrons. The summed E-state index contributed by atoms with van der Waals surface area (Å²) in [5.74, 6) is -3.06. The van der Waals surface area contributed by atoms with Crippen LogP contribution in [0.25, 0.3) is 0 Å². The minimum atomic E-state index is -5.89. The second-order valence-corrected chi connectivity index (χ2v) is 6.76. The molecule has 0 saturated heterocycles. The maximum atomic E-state index is 13.1. The van der Waals surface area contributed by atoms with E-state index in [1.807, 2.05) is 0 Å². The van der Waals surface area contributed by atoms with E-state index in [9.17, 15) is 36.6 Å². The summed E-state index contributed by atoms with van der Waals surface area (Å²) in [7, 11) is 0. The summed E-state index contributed by atoms with van der Waals surface area (Å²) in [4.78, 5) is 0. The van der Waals surface area contributed by atoms with E-state index in [4.69, 9.17) is 4.74 Å². The van der Waals surface area contributed by atoms with Crippen LogP contribution in [0.15, 0.2) is 12.7 Å². The lowest BCUT2D eigenvalue weighted by Crippen LogP contribution is -2.63. The van der Waals surface area contributed by atoms with Gasteiger partial charge in [-0.05, 0) is 39.0 Å². The van der Waals surface area contributed by atoms with Gasteiger partial charge in [-0.25, -0.2) is 0 Å². The summed E-state index contributed by atoms with van der Waals surface area (Å²) < 4.78 is 83.8. The Labute approximate surface area is 136 Å². The summed E-state index contributed by atoms with van der Waals surface area (Å²) in [6.45, 7) is 5.95. The van der Waals surface area contributed by atoms with E-state index in [-0.39, 0.29) is 13.0 Å². The molecular weight excluding hydrogens is 342 g/mol. The largest absolute Gasteiger partial charge is 0.426 e. The lowest BCUT2D eigenvalue weighted by atomic mass is 9.67. The number of ether oxygens (including phenoxy) is 1. The van der Waals surface area contributed by atoms with Gasteiger partial charge in [0.05, 0.1) is 18.3 Å². The van der Waals surface area contributed by atoms with Crippen LogP contribution < -0.4 is 0 Å². The van der Waals surface area contributed by atoms with E-state index in [1.54, 1.807) is 0 Å². The number of hydrogen-bond donors (Lipinski definition) is 2. The fourth-order valence-corrected chi connectivity index (χ4v) is 3.15. The van der Waals surface area contributed by atoms with E-state index in [0.29, 0.717) is 0 Å². The van der Waals surface area contributed by atoms with Gasteiger partial charge in [-0.15, -0.1) is 6.58 Å². The van der Waals surface area contributed by atoms with Crippen molar-refractivity contribution in [2.45, 2.75) is 62.8 Å². The number of alkyl halides is 6. The van der Waals surface area contributed by atoms with Crippen molar-refractivity contribution in [1.82, 2.24) is 0 Å². The molecule has 0 aromatic carbocycles. The molecule has 0 aromatic rings. The molecule has 1 rings (SSSR count). The number of halogens is 6. The first-order valence-corrected chi connectivity index (χ1v) is 7.45. The van der Waals surface area contributed by atoms with Gasteiger partial charge in [0.1, 0.15) is 0 Å². The molecule has 3 nitrogen and oxygen atoms in total. The molecule has 24 heavy (non-hydrogen) atoms. The van der Waals surface area contributed by atoms with Crippen molar-refractivity contribution in [1.29, 1.82) is 0 Å². The first-order chi connectivity index (χ1) is 10.6. The van der Waals surface area contributed by atoms with Crippen LogP contribution in [0.1, 0.15) is 33.1 Å². The number of rotatable bonds is 5. The highest BCUT2D eigenvalue weighted by molar-refractivity contribution is 5.04. The fraction of sp³-hybridized carbons (Fsp3) is 0.867. The Hall–Kier alpha value is -0.800.